The zero-order valence-corrected chi connectivity index (χ0v) is 19.2. The molecule has 0 aromatic rings. The monoisotopic (exact) mass is 376 g/mol. The maximum absolute atomic E-state index is 5.32. The summed E-state index contributed by atoms with van der Waals surface area (Å²) in [5.41, 5.74) is 4.34. The summed E-state index contributed by atoms with van der Waals surface area (Å²) in [7, 11) is 3.31. The predicted octanol–water partition coefficient (Wildman–Crippen LogP) is 7.78. The number of ether oxygens (including phenoxy) is 2. The van der Waals surface area contributed by atoms with E-state index >= 15 is 0 Å². The van der Waals surface area contributed by atoms with Crippen LogP contribution in [0.4, 0.5) is 0 Å². The summed E-state index contributed by atoms with van der Waals surface area (Å²) in [6.07, 6.45) is 19.5. The van der Waals surface area contributed by atoms with Gasteiger partial charge in [0.2, 0.25) is 0 Å². The minimum atomic E-state index is -0.643. The molecule has 0 aromatic heterocycles. The Labute approximate surface area is 169 Å². The third-order valence-corrected chi connectivity index (χ3v) is 5.10. The molecule has 0 spiro atoms. The van der Waals surface area contributed by atoms with Crippen LogP contribution >= 0.6 is 0 Å². The van der Waals surface area contributed by atoms with Crippen molar-refractivity contribution in [2.24, 2.45) is 5.92 Å². The first-order valence-corrected chi connectivity index (χ1v) is 10.5. The molecule has 0 N–H and O–H groups in total. The molecule has 0 radical (unpaired) electrons. The van der Waals surface area contributed by atoms with E-state index in [0.29, 0.717) is 0 Å². The van der Waals surface area contributed by atoms with Crippen LogP contribution in [0.25, 0.3) is 0 Å². The Bertz CT molecular complexity index is 500. The van der Waals surface area contributed by atoms with E-state index in [1.54, 1.807) is 14.2 Å². The Morgan fingerprint density at radius 3 is 2.15 bits per heavy atom. The fraction of sp³-hybridized carbons (Fsp3) is 0.680. The normalized spacial score (nSPS) is 14.7. The Balaban J connectivity index is 4.09. The Morgan fingerprint density at radius 1 is 0.889 bits per heavy atom. The van der Waals surface area contributed by atoms with E-state index in [0.717, 1.165) is 18.8 Å². The molecule has 0 bridgehead atoms. The molecule has 1 atom stereocenters. The van der Waals surface area contributed by atoms with E-state index in [1.165, 1.54) is 48.8 Å². The fourth-order valence-electron chi connectivity index (χ4n) is 2.87. The topological polar surface area (TPSA) is 18.5 Å². The molecule has 0 aliphatic heterocycles. The van der Waals surface area contributed by atoms with E-state index in [4.69, 9.17) is 9.47 Å². The van der Waals surface area contributed by atoms with E-state index in [1.807, 2.05) is 19.1 Å². The quantitative estimate of drug-likeness (QED) is 0.175. The molecule has 0 aromatic carbocycles. The number of allylic oxidation sites excluding steroid dienone is 7. The Kier molecular flexibility index (Phi) is 14.3. The second-order valence-corrected chi connectivity index (χ2v) is 8.24. The fourth-order valence-corrected chi connectivity index (χ4v) is 2.87. The molecule has 0 heterocycles. The molecule has 2 nitrogen and oxygen atoms in total. The average Bonchev–Trinajstić information content (AvgIpc) is 2.61. The second-order valence-electron chi connectivity index (χ2n) is 8.24. The van der Waals surface area contributed by atoms with Crippen LogP contribution in [0.3, 0.4) is 0 Å². The van der Waals surface area contributed by atoms with Gasteiger partial charge in [0.25, 0.3) is 0 Å². The summed E-state index contributed by atoms with van der Waals surface area (Å²) in [6, 6.07) is 0. The molecule has 1 unspecified atom stereocenters. The van der Waals surface area contributed by atoms with Gasteiger partial charge >= 0.3 is 0 Å². The zero-order valence-electron chi connectivity index (χ0n) is 19.2. The van der Waals surface area contributed by atoms with Gasteiger partial charge in [-0.2, -0.15) is 0 Å². The summed E-state index contributed by atoms with van der Waals surface area (Å²) in [5.74, 6) is 0.186. The van der Waals surface area contributed by atoms with Crippen LogP contribution in [-0.4, -0.2) is 20.0 Å². The summed E-state index contributed by atoms with van der Waals surface area (Å²) >= 11 is 0. The van der Waals surface area contributed by atoms with E-state index in [-0.39, 0.29) is 0 Å². The lowest BCUT2D eigenvalue weighted by molar-refractivity contribution is -0.155. The lowest BCUT2D eigenvalue weighted by atomic mass is 9.96. The van der Waals surface area contributed by atoms with Crippen LogP contribution in [0.2, 0.25) is 0 Å². The Hall–Kier alpha value is -1.12. The average molecular weight is 377 g/mol. The van der Waals surface area contributed by atoms with Crippen LogP contribution in [0.1, 0.15) is 86.5 Å². The number of methoxy groups -OCH3 is 2. The minimum absolute atomic E-state index is 0.643. The summed E-state index contributed by atoms with van der Waals surface area (Å²) in [6.45, 7) is 13.1. The van der Waals surface area contributed by atoms with Crippen LogP contribution in [0.5, 0.6) is 0 Å². The van der Waals surface area contributed by atoms with Gasteiger partial charge in [0.1, 0.15) is 0 Å². The van der Waals surface area contributed by atoms with E-state index in [9.17, 15) is 0 Å². The standard InChI is InChI=1S/C25H44O2/c1-21(2)13-9-14-22(3)15-10-16-23(4)17-11-18-24(5)19-12-20-25(6,26-7)27-8/h12-13,17,19-20,22H,9-11,14-16,18H2,1-8H3. The van der Waals surface area contributed by atoms with Gasteiger partial charge in [0.05, 0.1) is 0 Å². The molecule has 156 valence electrons. The van der Waals surface area contributed by atoms with Crippen LogP contribution < -0.4 is 0 Å². The maximum Gasteiger partial charge on any atom is 0.184 e. The van der Waals surface area contributed by atoms with Crippen molar-refractivity contribution >= 4 is 0 Å². The lowest BCUT2D eigenvalue weighted by Gasteiger charge is -2.21. The van der Waals surface area contributed by atoms with Crippen molar-refractivity contribution in [1.82, 2.24) is 0 Å². The van der Waals surface area contributed by atoms with Gasteiger partial charge in [-0.05, 0) is 85.1 Å². The maximum atomic E-state index is 5.32. The zero-order chi connectivity index (χ0) is 20.7. The predicted molar refractivity (Wildman–Crippen MR) is 120 cm³/mol. The van der Waals surface area contributed by atoms with Gasteiger partial charge in [-0.1, -0.05) is 54.4 Å². The van der Waals surface area contributed by atoms with Crippen molar-refractivity contribution in [1.29, 1.82) is 0 Å². The second kappa shape index (κ2) is 14.9. The summed E-state index contributed by atoms with van der Waals surface area (Å²) < 4.78 is 10.6. The molecule has 0 saturated heterocycles. The molecular weight excluding hydrogens is 332 g/mol. The van der Waals surface area contributed by atoms with Gasteiger partial charge < -0.3 is 9.47 Å². The van der Waals surface area contributed by atoms with E-state index < -0.39 is 5.79 Å². The smallest absolute Gasteiger partial charge is 0.184 e. The van der Waals surface area contributed by atoms with Gasteiger partial charge in [-0.15, -0.1) is 0 Å². The largest absolute Gasteiger partial charge is 0.350 e. The SMILES string of the molecule is COC(C)(C=CC=C(C)CCC=C(C)CCCC(C)CCC=C(C)C)OC. The molecule has 0 rings (SSSR count). The van der Waals surface area contributed by atoms with Gasteiger partial charge in [0, 0.05) is 14.2 Å². The number of rotatable bonds is 14. The van der Waals surface area contributed by atoms with Crippen molar-refractivity contribution in [3.63, 3.8) is 0 Å². The third-order valence-electron chi connectivity index (χ3n) is 5.10. The molecule has 0 aliphatic rings. The van der Waals surface area contributed by atoms with E-state index in [2.05, 4.69) is 52.8 Å². The van der Waals surface area contributed by atoms with Crippen molar-refractivity contribution in [2.75, 3.05) is 14.2 Å². The van der Waals surface area contributed by atoms with Gasteiger partial charge in [-0.3, -0.25) is 0 Å². The highest BCUT2D eigenvalue weighted by Gasteiger charge is 2.16. The van der Waals surface area contributed by atoms with Gasteiger partial charge in [-0.25, -0.2) is 0 Å². The molecule has 2 heteroatoms. The van der Waals surface area contributed by atoms with Crippen molar-refractivity contribution in [3.8, 4) is 0 Å². The summed E-state index contributed by atoms with van der Waals surface area (Å²) in [5, 5.41) is 0. The van der Waals surface area contributed by atoms with Crippen LogP contribution in [0.15, 0.2) is 47.1 Å². The third kappa shape index (κ3) is 14.6. The highest BCUT2D eigenvalue weighted by Crippen LogP contribution is 2.18. The number of hydrogen-bond donors (Lipinski definition) is 0. The molecule has 27 heavy (non-hydrogen) atoms. The molecular formula is C25H44O2. The molecule has 0 aliphatic carbocycles. The Morgan fingerprint density at radius 2 is 1.56 bits per heavy atom. The molecule has 0 amide bonds. The number of hydrogen-bond acceptors (Lipinski definition) is 2. The highest BCUT2D eigenvalue weighted by molar-refractivity contribution is 5.13. The van der Waals surface area contributed by atoms with Crippen molar-refractivity contribution in [2.45, 2.75) is 92.3 Å². The van der Waals surface area contributed by atoms with Crippen LogP contribution in [0, 0.1) is 5.92 Å². The first-order chi connectivity index (χ1) is 12.7. The van der Waals surface area contributed by atoms with Crippen molar-refractivity contribution < 1.29 is 9.47 Å². The van der Waals surface area contributed by atoms with Crippen LogP contribution in [-0.2, 0) is 9.47 Å². The first-order valence-electron chi connectivity index (χ1n) is 10.5. The lowest BCUT2D eigenvalue weighted by Crippen LogP contribution is -2.26. The van der Waals surface area contributed by atoms with Crippen molar-refractivity contribution in [3.05, 3.63) is 47.1 Å². The minimum Gasteiger partial charge on any atom is -0.350 e. The van der Waals surface area contributed by atoms with Gasteiger partial charge in [0.15, 0.2) is 5.79 Å². The molecule has 0 saturated carbocycles. The first kappa shape index (κ1) is 25.9. The molecule has 0 fully saturated rings. The summed E-state index contributed by atoms with van der Waals surface area (Å²) in [4.78, 5) is 0. The highest BCUT2D eigenvalue weighted by atomic mass is 16.7.